The highest BCUT2D eigenvalue weighted by Crippen LogP contribution is 2.25. The van der Waals surface area contributed by atoms with Gasteiger partial charge in [-0.3, -0.25) is 0 Å². The zero-order valence-corrected chi connectivity index (χ0v) is 5.67. The summed E-state index contributed by atoms with van der Waals surface area (Å²) >= 11 is 0. The summed E-state index contributed by atoms with van der Waals surface area (Å²) in [6.07, 6.45) is 0. The molecule has 0 spiro atoms. The van der Waals surface area contributed by atoms with Crippen LogP contribution in [0.15, 0.2) is 30.3 Å². The molecule has 1 N–H and O–H groups in total. The lowest BCUT2D eigenvalue weighted by molar-refractivity contribution is -0.0820. The fourth-order valence-electron chi connectivity index (χ4n) is 0.735. The van der Waals surface area contributed by atoms with Crippen LogP contribution in [0.1, 0.15) is 5.56 Å². The second-order valence-corrected chi connectivity index (χ2v) is 2.15. The number of halogens is 2. The fourth-order valence-corrected chi connectivity index (χ4v) is 0.735. The van der Waals surface area contributed by atoms with E-state index in [4.69, 9.17) is 5.11 Å². The second-order valence-electron chi connectivity index (χ2n) is 2.15. The SMILES string of the molecule is OC(F)([CH]F)c1ccccc1. The van der Waals surface area contributed by atoms with Crippen molar-refractivity contribution >= 4 is 0 Å². The standard InChI is InChI=1S/C8H7F2O/c9-6-8(10,11)7-4-2-1-3-5-7/h1-6,11H. The molecule has 1 nitrogen and oxygen atoms in total. The van der Waals surface area contributed by atoms with E-state index in [0.717, 1.165) is 0 Å². The lowest BCUT2D eigenvalue weighted by atomic mass is 10.1. The Labute approximate surface area is 63.3 Å². The smallest absolute Gasteiger partial charge is 0.267 e. The van der Waals surface area contributed by atoms with Gasteiger partial charge in [0.05, 0.1) is 0 Å². The van der Waals surface area contributed by atoms with Crippen molar-refractivity contribution in [3.63, 3.8) is 0 Å². The summed E-state index contributed by atoms with van der Waals surface area (Å²) in [5.74, 6) is -2.96. The van der Waals surface area contributed by atoms with Crippen molar-refractivity contribution in [2.24, 2.45) is 0 Å². The highest BCUT2D eigenvalue weighted by Gasteiger charge is 2.28. The van der Waals surface area contributed by atoms with Gasteiger partial charge in [-0.25, -0.2) is 8.78 Å². The minimum Gasteiger partial charge on any atom is -0.356 e. The third-order valence-corrected chi connectivity index (χ3v) is 1.32. The molecular weight excluding hydrogens is 150 g/mol. The molecular formula is C8H7F2O. The number of rotatable bonds is 2. The van der Waals surface area contributed by atoms with Crippen LogP contribution < -0.4 is 0 Å². The number of benzene rings is 1. The molecule has 0 heterocycles. The van der Waals surface area contributed by atoms with Gasteiger partial charge in [0.2, 0.25) is 0 Å². The third-order valence-electron chi connectivity index (χ3n) is 1.32. The van der Waals surface area contributed by atoms with E-state index in [2.05, 4.69) is 0 Å². The van der Waals surface area contributed by atoms with E-state index in [-0.39, 0.29) is 12.2 Å². The lowest BCUT2D eigenvalue weighted by Gasteiger charge is -2.13. The minimum atomic E-state index is -2.96. The molecule has 3 heteroatoms. The zero-order valence-electron chi connectivity index (χ0n) is 5.67. The van der Waals surface area contributed by atoms with E-state index in [1.54, 1.807) is 6.07 Å². The average Bonchev–Trinajstić information content (AvgIpc) is 2.06. The molecule has 1 aromatic carbocycles. The van der Waals surface area contributed by atoms with E-state index in [1.165, 1.54) is 24.3 Å². The predicted molar refractivity (Wildman–Crippen MR) is 36.9 cm³/mol. The number of hydrogen-bond acceptors (Lipinski definition) is 1. The van der Waals surface area contributed by atoms with Crippen molar-refractivity contribution in [1.82, 2.24) is 0 Å². The predicted octanol–water partition coefficient (Wildman–Crippen LogP) is 1.93. The molecule has 1 rings (SSSR count). The molecule has 1 radical (unpaired) electrons. The topological polar surface area (TPSA) is 20.2 Å². The second kappa shape index (κ2) is 2.96. The molecule has 1 atom stereocenters. The van der Waals surface area contributed by atoms with E-state index < -0.39 is 5.85 Å². The van der Waals surface area contributed by atoms with Gasteiger partial charge in [-0.2, -0.15) is 0 Å². The zero-order chi connectivity index (χ0) is 8.32. The highest BCUT2D eigenvalue weighted by atomic mass is 19.2. The molecule has 0 aliphatic heterocycles. The molecule has 59 valence electrons. The van der Waals surface area contributed by atoms with Crippen LogP contribution in [0, 0.1) is 6.67 Å². The Kier molecular flexibility index (Phi) is 2.19. The van der Waals surface area contributed by atoms with Gasteiger partial charge < -0.3 is 5.11 Å². The van der Waals surface area contributed by atoms with Crippen molar-refractivity contribution in [3.8, 4) is 0 Å². The molecule has 1 aromatic rings. The summed E-state index contributed by atoms with van der Waals surface area (Å²) in [6.45, 7) is -0.387. The Balaban J connectivity index is 2.93. The first-order chi connectivity index (χ1) is 5.17. The van der Waals surface area contributed by atoms with E-state index in [1.807, 2.05) is 0 Å². The van der Waals surface area contributed by atoms with Crippen LogP contribution in [0.5, 0.6) is 0 Å². The summed E-state index contributed by atoms with van der Waals surface area (Å²) in [5.41, 5.74) is -0.109. The summed E-state index contributed by atoms with van der Waals surface area (Å²) in [6, 6.07) is 7.29. The van der Waals surface area contributed by atoms with Crippen LogP contribution in [0.2, 0.25) is 0 Å². The van der Waals surface area contributed by atoms with Crippen molar-refractivity contribution < 1.29 is 13.9 Å². The van der Waals surface area contributed by atoms with E-state index >= 15 is 0 Å². The summed E-state index contributed by atoms with van der Waals surface area (Å²) in [5, 5.41) is 8.70. The van der Waals surface area contributed by atoms with Gasteiger partial charge in [0.25, 0.3) is 5.85 Å². The Morgan fingerprint density at radius 3 is 2.27 bits per heavy atom. The van der Waals surface area contributed by atoms with Crippen LogP contribution in [-0.2, 0) is 5.85 Å². The summed E-state index contributed by atoms with van der Waals surface area (Å²) < 4.78 is 24.4. The van der Waals surface area contributed by atoms with E-state index in [9.17, 15) is 8.78 Å². The van der Waals surface area contributed by atoms with Gasteiger partial charge in [0.15, 0.2) is 6.67 Å². The maximum absolute atomic E-state index is 12.7. The van der Waals surface area contributed by atoms with Crippen LogP contribution in [0.4, 0.5) is 8.78 Å². The largest absolute Gasteiger partial charge is 0.356 e. The van der Waals surface area contributed by atoms with Crippen LogP contribution in [0.25, 0.3) is 0 Å². The fraction of sp³-hybridized carbons (Fsp3) is 0.125. The van der Waals surface area contributed by atoms with Gasteiger partial charge in [0.1, 0.15) is 0 Å². The maximum Gasteiger partial charge on any atom is 0.267 e. The normalized spacial score (nSPS) is 15.9. The quantitative estimate of drug-likeness (QED) is 0.695. The van der Waals surface area contributed by atoms with Crippen molar-refractivity contribution in [3.05, 3.63) is 42.6 Å². The molecule has 0 saturated carbocycles. The highest BCUT2D eigenvalue weighted by molar-refractivity contribution is 5.21. The van der Waals surface area contributed by atoms with Gasteiger partial charge in [-0.1, -0.05) is 30.3 Å². The van der Waals surface area contributed by atoms with E-state index in [0.29, 0.717) is 0 Å². The van der Waals surface area contributed by atoms with Gasteiger partial charge in [-0.15, -0.1) is 0 Å². The van der Waals surface area contributed by atoms with Crippen LogP contribution >= 0.6 is 0 Å². The summed E-state index contributed by atoms with van der Waals surface area (Å²) in [7, 11) is 0. The van der Waals surface area contributed by atoms with Gasteiger partial charge >= 0.3 is 0 Å². The number of aliphatic hydroxyl groups is 1. The Hall–Kier alpha value is -0.960. The molecule has 1 unspecified atom stereocenters. The molecule has 0 aromatic heterocycles. The third kappa shape index (κ3) is 1.74. The molecule has 0 amide bonds. The van der Waals surface area contributed by atoms with Gasteiger partial charge in [-0.05, 0) is 0 Å². The number of hydrogen-bond donors (Lipinski definition) is 1. The monoisotopic (exact) mass is 157 g/mol. The Bertz CT molecular complexity index is 221. The lowest BCUT2D eigenvalue weighted by Crippen LogP contribution is -2.17. The molecule has 11 heavy (non-hydrogen) atoms. The first-order valence-corrected chi connectivity index (χ1v) is 3.08. The molecule has 0 aliphatic rings. The first-order valence-electron chi connectivity index (χ1n) is 3.08. The van der Waals surface area contributed by atoms with Crippen molar-refractivity contribution in [1.29, 1.82) is 0 Å². The molecule has 0 aliphatic carbocycles. The van der Waals surface area contributed by atoms with Gasteiger partial charge in [0, 0.05) is 5.56 Å². The van der Waals surface area contributed by atoms with Crippen LogP contribution in [0.3, 0.4) is 0 Å². The summed E-state index contributed by atoms with van der Waals surface area (Å²) in [4.78, 5) is 0. The van der Waals surface area contributed by atoms with Crippen LogP contribution in [-0.4, -0.2) is 5.11 Å². The van der Waals surface area contributed by atoms with Crippen molar-refractivity contribution in [2.45, 2.75) is 5.85 Å². The molecule has 0 saturated heterocycles. The molecule has 0 bridgehead atoms. The Morgan fingerprint density at radius 2 is 1.82 bits per heavy atom. The van der Waals surface area contributed by atoms with Crippen molar-refractivity contribution in [2.75, 3.05) is 0 Å². The Morgan fingerprint density at radius 1 is 1.27 bits per heavy atom. The number of alkyl halides is 1. The maximum atomic E-state index is 12.7. The first kappa shape index (κ1) is 8.14. The average molecular weight is 157 g/mol. The minimum absolute atomic E-state index is 0.109. The molecule has 0 fully saturated rings.